The van der Waals surface area contributed by atoms with E-state index in [1.807, 2.05) is 0 Å². The van der Waals surface area contributed by atoms with Gasteiger partial charge in [0.25, 0.3) is 5.91 Å². The molecule has 0 unspecified atom stereocenters. The van der Waals surface area contributed by atoms with Crippen LogP contribution in [0, 0.1) is 5.82 Å². The molecule has 0 aliphatic carbocycles. The summed E-state index contributed by atoms with van der Waals surface area (Å²) in [4.78, 5) is 23.7. The Labute approximate surface area is 178 Å². The molecular formula is C20H20Cl2FN3O3. The van der Waals surface area contributed by atoms with Crippen molar-refractivity contribution in [2.45, 2.75) is 6.42 Å². The topological polar surface area (TPSA) is 79.5 Å². The molecule has 0 aromatic heterocycles. The number of ether oxygens (including phenoxy) is 1. The normalized spacial score (nSPS) is 10.2. The zero-order valence-corrected chi connectivity index (χ0v) is 16.9. The lowest BCUT2D eigenvalue weighted by Crippen LogP contribution is -2.33. The van der Waals surface area contributed by atoms with Gasteiger partial charge in [-0.3, -0.25) is 9.59 Å². The van der Waals surface area contributed by atoms with Crippen molar-refractivity contribution in [1.29, 1.82) is 0 Å². The highest BCUT2D eigenvalue weighted by molar-refractivity contribution is 6.31. The van der Waals surface area contributed by atoms with Gasteiger partial charge in [0.1, 0.15) is 11.6 Å². The molecule has 0 saturated heterocycles. The first-order valence-electron chi connectivity index (χ1n) is 8.65. The molecular weight excluding hydrogens is 420 g/mol. The van der Waals surface area contributed by atoms with Crippen LogP contribution in [0.4, 0.5) is 10.1 Å². The fourth-order valence-corrected chi connectivity index (χ4v) is 2.42. The number of benzene rings is 2. The van der Waals surface area contributed by atoms with E-state index >= 15 is 0 Å². The van der Waals surface area contributed by atoms with Crippen molar-refractivity contribution in [1.82, 2.24) is 10.6 Å². The Morgan fingerprint density at radius 1 is 1.07 bits per heavy atom. The molecule has 6 nitrogen and oxygen atoms in total. The Bertz CT molecular complexity index is 876. The molecule has 154 valence electrons. The van der Waals surface area contributed by atoms with E-state index in [1.54, 1.807) is 24.3 Å². The Morgan fingerprint density at radius 2 is 1.79 bits per heavy atom. The number of carbonyl (C=O) groups is 2. The van der Waals surface area contributed by atoms with Crippen LogP contribution in [-0.4, -0.2) is 31.5 Å². The number of hydrogen-bond donors (Lipinski definition) is 3. The second kappa shape index (κ2) is 11.3. The molecule has 0 spiro atoms. The van der Waals surface area contributed by atoms with Crippen LogP contribution in [-0.2, 0) is 9.59 Å². The van der Waals surface area contributed by atoms with Crippen LogP contribution in [0.2, 0.25) is 10.0 Å². The minimum absolute atomic E-state index is 0.0272. The highest BCUT2D eigenvalue weighted by atomic mass is 35.5. The fraction of sp³-hybridized carbons (Fsp3) is 0.200. The van der Waals surface area contributed by atoms with Crippen LogP contribution in [0.5, 0.6) is 5.75 Å². The molecule has 0 radical (unpaired) electrons. The number of hydrogen-bond acceptors (Lipinski definition) is 4. The smallest absolute Gasteiger partial charge is 0.262 e. The van der Waals surface area contributed by atoms with E-state index < -0.39 is 11.7 Å². The largest absolute Gasteiger partial charge is 0.484 e. The van der Waals surface area contributed by atoms with Gasteiger partial charge in [0.15, 0.2) is 6.61 Å². The third-order valence-electron chi connectivity index (χ3n) is 3.62. The van der Waals surface area contributed by atoms with Crippen LogP contribution < -0.4 is 20.7 Å². The van der Waals surface area contributed by atoms with Crippen molar-refractivity contribution >= 4 is 40.7 Å². The van der Waals surface area contributed by atoms with Crippen molar-refractivity contribution in [3.05, 3.63) is 70.6 Å². The summed E-state index contributed by atoms with van der Waals surface area (Å²) in [5, 5.41) is 8.83. The van der Waals surface area contributed by atoms with E-state index in [9.17, 15) is 14.0 Å². The van der Waals surface area contributed by atoms with Gasteiger partial charge >= 0.3 is 0 Å². The summed E-state index contributed by atoms with van der Waals surface area (Å²) in [6.45, 7) is 3.83. The van der Waals surface area contributed by atoms with Crippen molar-refractivity contribution < 1.29 is 18.7 Å². The first-order valence-corrected chi connectivity index (χ1v) is 9.40. The van der Waals surface area contributed by atoms with E-state index in [0.29, 0.717) is 23.7 Å². The highest BCUT2D eigenvalue weighted by Gasteiger charge is 2.07. The molecule has 2 aromatic rings. The predicted octanol–water partition coefficient (Wildman–Crippen LogP) is 3.76. The number of amides is 2. The van der Waals surface area contributed by atoms with Crippen LogP contribution in [0.1, 0.15) is 6.42 Å². The number of carbonyl (C=O) groups excluding carboxylic acids is 2. The van der Waals surface area contributed by atoms with E-state index in [4.69, 9.17) is 27.9 Å². The number of nitrogens with one attached hydrogen (secondary N) is 3. The van der Waals surface area contributed by atoms with Crippen molar-refractivity contribution in [2.24, 2.45) is 0 Å². The maximum Gasteiger partial charge on any atom is 0.262 e. The van der Waals surface area contributed by atoms with Crippen LogP contribution in [0.15, 0.2) is 54.7 Å². The minimum atomic E-state index is -0.629. The zero-order chi connectivity index (χ0) is 21.2. The van der Waals surface area contributed by atoms with Gasteiger partial charge in [-0.05, 0) is 36.4 Å². The van der Waals surface area contributed by atoms with E-state index in [1.165, 1.54) is 12.1 Å². The molecule has 9 heteroatoms. The minimum Gasteiger partial charge on any atom is -0.484 e. The molecule has 0 heterocycles. The first kappa shape index (κ1) is 22.5. The number of rotatable bonds is 10. The standard InChI is InChI=1S/C20H20Cl2FN3O3/c1-13(26-20(28)12-29-16-6-7-17(22)18(23)10-16)8-9-24-19(27)11-25-15-4-2-14(21)3-5-15/h2-7,10,25H,1,8-9,11-12H2,(H,24,27)(H,26,28). The molecule has 2 amide bonds. The Hall–Kier alpha value is -2.77. The third-order valence-corrected chi connectivity index (χ3v) is 4.18. The van der Waals surface area contributed by atoms with Gasteiger partial charge < -0.3 is 20.7 Å². The SMILES string of the molecule is C=C(CCNC(=O)CNc1ccc(Cl)cc1)NC(=O)COc1ccc(Cl)c(F)c1. The average Bonchev–Trinajstić information content (AvgIpc) is 2.68. The van der Waals surface area contributed by atoms with Gasteiger partial charge in [-0.2, -0.15) is 0 Å². The van der Waals surface area contributed by atoms with Crippen molar-refractivity contribution in [3.63, 3.8) is 0 Å². The molecule has 0 atom stereocenters. The summed E-state index contributed by atoms with van der Waals surface area (Å²) in [5.74, 6) is -1.09. The third kappa shape index (κ3) is 8.41. The molecule has 3 N–H and O–H groups in total. The molecule has 0 aliphatic heterocycles. The first-order chi connectivity index (χ1) is 13.8. The van der Waals surface area contributed by atoms with Gasteiger partial charge in [0, 0.05) is 35.4 Å². The zero-order valence-electron chi connectivity index (χ0n) is 15.4. The Balaban J connectivity index is 1.60. The van der Waals surface area contributed by atoms with E-state index in [-0.39, 0.29) is 29.8 Å². The summed E-state index contributed by atoms with van der Waals surface area (Å²) in [6, 6.07) is 10.9. The second-order valence-corrected chi connectivity index (χ2v) is 6.82. The van der Waals surface area contributed by atoms with Gasteiger partial charge in [-0.1, -0.05) is 29.8 Å². The van der Waals surface area contributed by atoms with Gasteiger partial charge in [-0.25, -0.2) is 4.39 Å². The number of halogens is 3. The van der Waals surface area contributed by atoms with Crippen LogP contribution in [0.25, 0.3) is 0 Å². The second-order valence-electron chi connectivity index (χ2n) is 5.98. The molecule has 0 bridgehead atoms. The lowest BCUT2D eigenvalue weighted by atomic mass is 10.3. The monoisotopic (exact) mass is 439 g/mol. The summed E-state index contributed by atoms with van der Waals surface area (Å²) in [7, 11) is 0. The van der Waals surface area contributed by atoms with Gasteiger partial charge in [-0.15, -0.1) is 0 Å². The highest BCUT2D eigenvalue weighted by Crippen LogP contribution is 2.20. The fourth-order valence-electron chi connectivity index (χ4n) is 2.18. The maximum absolute atomic E-state index is 13.3. The van der Waals surface area contributed by atoms with Crippen molar-refractivity contribution in [3.8, 4) is 5.75 Å². The Morgan fingerprint density at radius 3 is 2.48 bits per heavy atom. The summed E-state index contributed by atoms with van der Waals surface area (Å²) in [6.07, 6.45) is 0.355. The van der Waals surface area contributed by atoms with E-state index in [0.717, 1.165) is 11.8 Å². The summed E-state index contributed by atoms with van der Waals surface area (Å²) >= 11 is 11.4. The van der Waals surface area contributed by atoms with Gasteiger partial charge in [0.05, 0.1) is 11.6 Å². The quantitative estimate of drug-likeness (QED) is 0.526. The lowest BCUT2D eigenvalue weighted by molar-refractivity contribution is -0.122. The summed E-state index contributed by atoms with van der Waals surface area (Å²) in [5.41, 5.74) is 1.20. The van der Waals surface area contributed by atoms with Crippen LogP contribution in [0.3, 0.4) is 0 Å². The molecule has 2 aromatic carbocycles. The average molecular weight is 440 g/mol. The van der Waals surface area contributed by atoms with Gasteiger partial charge in [0.2, 0.25) is 5.91 Å². The molecule has 29 heavy (non-hydrogen) atoms. The number of anilines is 1. The predicted molar refractivity (Wildman–Crippen MR) is 112 cm³/mol. The van der Waals surface area contributed by atoms with Crippen molar-refractivity contribution in [2.75, 3.05) is 25.0 Å². The van der Waals surface area contributed by atoms with Crippen LogP contribution >= 0.6 is 23.2 Å². The molecule has 0 saturated carbocycles. The molecule has 2 rings (SSSR count). The van der Waals surface area contributed by atoms with E-state index in [2.05, 4.69) is 22.5 Å². The molecule has 0 fully saturated rings. The molecule has 0 aliphatic rings. The maximum atomic E-state index is 13.3. The Kier molecular flexibility index (Phi) is 8.76. The lowest BCUT2D eigenvalue weighted by Gasteiger charge is -2.11. The summed E-state index contributed by atoms with van der Waals surface area (Å²) < 4.78 is 18.5.